The van der Waals surface area contributed by atoms with E-state index in [1.807, 2.05) is 41.5 Å². The van der Waals surface area contributed by atoms with E-state index in [2.05, 4.69) is 75.4 Å². The van der Waals surface area contributed by atoms with Gasteiger partial charge >= 0.3 is 0 Å². The Bertz CT molecular complexity index is 734. The number of benzene rings is 3. The molecule has 3 rings (SSSR count). The van der Waals surface area contributed by atoms with Gasteiger partial charge in [0.05, 0.1) is 0 Å². The van der Waals surface area contributed by atoms with Crippen LogP contribution in [0.4, 0.5) is 0 Å². The predicted molar refractivity (Wildman–Crippen MR) is 118 cm³/mol. The maximum Gasteiger partial charge on any atom is -0.0175 e. The van der Waals surface area contributed by atoms with Crippen LogP contribution in [0.25, 0.3) is 21.9 Å². The third-order valence-electron chi connectivity index (χ3n) is 3.84. The van der Waals surface area contributed by atoms with Crippen molar-refractivity contribution in [1.82, 2.24) is 0 Å². The van der Waals surface area contributed by atoms with Gasteiger partial charge in [-0.3, -0.25) is 0 Å². The first-order valence-electron chi connectivity index (χ1n) is 9.71. The summed E-state index contributed by atoms with van der Waals surface area (Å²) in [5.74, 6) is 0. The average Bonchev–Trinajstić information content (AvgIpc) is 2.68. The molecule has 25 heavy (non-hydrogen) atoms. The molecule has 0 saturated carbocycles. The van der Waals surface area contributed by atoms with Crippen molar-refractivity contribution in [3.05, 3.63) is 71.3 Å². The van der Waals surface area contributed by atoms with E-state index in [9.17, 15) is 0 Å². The van der Waals surface area contributed by atoms with Gasteiger partial charge in [0, 0.05) is 0 Å². The lowest BCUT2D eigenvalue weighted by molar-refractivity contribution is 1.37. The molecule has 0 unspecified atom stereocenters. The smallest absolute Gasteiger partial charge is 0.0175 e. The van der Waals surface area contributed by atoms with Crippen LogP contribution in [-0.4, -0.2) is 0 Å². The molecule has 0 heterocycles. The number of aryl methyl sites for hydroxylation is 3. The van der Waals surface area contributed by atoms with Crippen LogP contribution < -0.4 is 0 Å². The van der Waals surface area contributed by atoms with Crippen molar-refractivity contribution in [3.63, 3.8) is 0 Å². The SMILES string of the molecule is CC.CC.CC.Cc1ccc(-c2ccc3cc(C)c(C)cc3c2)cc1. The molecule has 0 bridgehead atoms. The topological polar surface area (TPSA) is 0 Å². The van der Waals surface area contributed by atoms with Crippen LogP contribution in [0.2, 0.25) is 0 Å². The zero-order chi connectivity index (χ0) is 19.4. The van der Waals surface area contributed by atoms with Crippen LogP contribution in [0.15, 0.2) is 54.6 Å². The second kappa shape index (κ2) is 12.3. The van der Waals surface area contributed by atoms with E-state index in [-0.39, 0.29) is 0 Å². The van der Waals surface area contributed by atoms with Gasteiger partial charge in [-0.15, -0.1) is 0 Å². The quantitative estimate of drug-likeness (QED) is 0.418. The molecule has 0 aliphatic carbocycles. The van der Waals surface area contributed by atoms with Gasteiger partial charge in [-0.05, 0) is 59.9 Å². The fourth-order valence-electron chi connectivity index (χ4n) is 2.45. The minimum absolute atomic E-state index is 1.28. The molecule has 0 atom stereocenters. The van der Waals surface area contributed by atoms with Crippen LogP contribution in [0.3, 0.4) is 0 Å². The number of hydrogen-bond donors (Lipinski definition) is 0. The molecule has 0 fully saturated rings. The Morgan fingerprint density at radius 1 is 0.440 bits per heavy atom. The maximum absolute atomic E-state index is 2.28. The van der Waals surface area contributed by atoms with Crippen LogP contribution in [0, 0.1) is 20.8 Å². The summed E-state index contributed by atoms with van der Waals surface area (Å²) in [6, 6.07) is 20.0. The van der Waals surface area contributed by atoms with Crippen LogP contribution in [-0.2, 0) is 0 Å². The van der Waals surface area contributed by atoms with Gasteiger partial charge in [0.2, 0.25) is 0 Å². The molecule has 0 amide bonds. The Morgan fingerprint density at radius 2 is 0.880 bits per heavy atom. The van der Waals surface area contributed by atoms with Crippen molar-refractivity contribution >= 4 is 10.8 Å². The number of hydrogen-bond acceptors (Lipinski definition) is 0. The summed E-state index contributed by atoms with van der Waals surface area (Å²) in [5.41, 5.74) is 6.58. The van der Waals surface area contributed by atoms with Crippen LogP contribution in [0.5, 0.6) is 0 Å². The van der Waals surface area contributed by atoms with Gasteiger partial charge in [0.1, 0.15) is 0 Å². The lowest BCUT2D eigenvalue weighted by atomic mass is 9.97. The van der Waals surface area contributed by atoms with E-state index in [1.54, 1.807) is 0 Å². The van der Waals surface area contributed by atoms with Crippen LogP contribution >= 0.6 is 0 Å². The van der Waals surface area contributed by atoms with E-state index in [0.29, 0.717) is 0 Å². The first kappa shape index (κ1) is 22.9. The lowest BCUT2D eigenvalue weighted by Gasteiger charge is -2.07. The highest BCUT2D eigenvalue weighted by Gasteiger charge is 2.01. The Hall–Kier alpha value is -2.08. The Labute approximate surface area is 155 Å². The van der Waals surface area contributed by atoms with Gasteiger partial charge in [-0.2, -0.15) is 0 Å². The van der Waals surface area contributed by atoms with Crippen molar-refractivity contribution in [2.75, 3.05) is 0 Å². The third-order valence-corrected chi connectivity index (χ3v) is 3.84. The molecule has 0 N–H and O–H groups in total. The molecule has 0 heteroatoms. The normalized spacial score (nSPS) is 9.00. The Kier molecular flexibility index (Phi) is 11.3. The van der Waals surface area contributed by atoms with Gasteiger partial charge in [-0.25, -0.2) is 0 Å². The van der Waals surface area contributed by atoms with Gasteiger partial charge in [0.25, 0.3) is 0 Å². The summed E-state index contributed by atoms with van der Waals surface area (Å²) in [4.78, 5) is 0. The van der Waals surface area contributed by atoms with Crippen LogP contribution in [0.1, 0.15) is 58.2 Å². The lowest BCUT2D eigenvalue weighted by Crippen LogP contribution is -1.84. The molecular weight excluding hydrogens is 300 g/mol. The second-order valence-corrected chi connectivity index (χ2v) is 5.36. The highest BCUT2D eigenvalue weighted by molar-refractivity contribution is 5.88. The summed E-state index contributed by atoms with van der Waals surface area (Å²) >= 11 is 0. The van der Waals surface area contributed by atoms with Crippen molar-refractivity contribution in [2.45, 2.75) is 62.3 Å². The van der Waals surface area contributed by atoms with Crippen molar-refractivity contribution in [3.8, 4) is 11.1 Å². The van der Waals surface area contributed by atoms with Crippen molar-refractivity contribution in [1.29, 1.82) is 0 Å². The van der Waals surface area contributed by atoms with E-state index < -0.39 is 0 Å². The Balaban J connectivity index is 0.000000871. The summed E-state index contributed by atoms with van der Waals surface area (Å²) in [7, 11) is 0. The minimum Gasteiger partial charge on any atom is -0.0683 e. The van der Waals surface area contributed by atoms with Crippen molar-refractivity contribution < 1.29 is 0 Å². The maximum atomic E-state index is 2.28. The molecule has 0 spiro atoms. The molecule has 0 saturated heterocycles. The molecule has 3 aromatic carbocycles. The first-order valence-corrected chi connectivity index (χ1v) is 9.71. The van der Waals surface area contributed by atoms with E-state index in [4.69, 9.17) is 0 Å². The predicted octanol–water partition coefficient (Wildman–Crippen LogP) is 8.51. The number of fused-ring (bicyclic) bond motifs is 1. The molecule has 3 aromatic rings. The first-order chi connectivity index (χ1) is 12.1. The monoisotopic (exact) mass is 336 g/mol. The summed E-state index contributed by atoms with van der Waals surface area (Å²) < 4.78 is 0. The molecule has 0 aromatic heterocycles. The molecular formula is C25H36. The summed E-state index contributed by atoms with van der Waals surface area (Å²) in [5, 5.41) is 2.64. The average molecular weight is 337 g/mol. The van der Waals surface area contributed by atoms with Crippen molar-refractivity contribution in [2.24, 2.45) is 0 Å². The highest BCUT2D eigenvalue weighted by Crippen LogP contribution is 2.26. The fraction of sp³-hybridized carbons (Fsp3) is 0.360. The number of rotatable bonds is 1. The van der Waals surface area contributed by atoms with Gasteiger partial charge in [0.15, 0.2) is 0 Å². The minimum atomic E-state index is 1.28. The summed E-state index contributed by atoms with van der Waals surface area (Å²) in [6.45, 7) is 18.5. The highest BCUT2D eigenvalue weighted by atomic mass is 14.1. The standard InChI is InChI=1S/C19H18.3C2H6/c1-13-4-6-16(7-5-13)18-9-8-17-10-14(2)15(3)11-19(17)12-18;3*1-2/h4-12H,1-3H3;3*1-2H3. The van der Waals surface area contributed by atoms with Gasteiger partial charge < -0.3 is 0 Å². The molecule has 136 valence electrons. The molecule has 0 nitrogen and oxygen atoms in total. The third kappa shape index (κ3) is 6.38. The molecule has 0 aliphatic heterocycles. The second-order valence-electron chi connectivity index (χ2n) is 5.36. The molecule has 0 radical (unpaired) electrons. The summed E-state index contributed by atoms with van der Waals surface area (Å²) in [6.07, 6.45) is 0. The van der Waals surface area contributed by atoms with Gasteiger partial charge in [-0.1, -0.05) is 95.6 Å². The fourth-order valence-corrected chi connectivity index (χ4v) is 2.45. The van der Waals surface area contributed by atoms with E-state index in [1.165, 1.54) is 38.6 Å². The van der Waals surface area contributed by atoms with E-state index in [0.717, 1.165) is 0 Å². The zero-order valence-corrected chi connectivity index (χ0v) is 17.7. The Morgan fingerprint density at radius 3 is 1.40 bits per heavy atom. The van der Waals surface area contributed by atoms with E-state index >= 15 is 0 Å². The zero-order valence-electron chi connectivity index (χ0n) is 17.7. The molecule has 0 aliphatic rings. The largest absolute Gasteiger partial charge is 0.0683 e.